The third-order valence-corrected chi connectivity index (χ3v) is 7.81. The van der Waals surface area contributed by atoms with Gasteiger partial charge in [0.2, 0.25) is 5.91 Å². The van der Waals surface area contributed by atoms with Crippen molar-refractivity contribution < 1.29 is 13.2 Å². The van der Waals surface area contributed by atoms with E-state index < -0.39 is 22.5 Å². The molecule has 4 rings (SSSR count). The van der Waals surface area contributed by atoms with E-state index in [9.17, 15) is 13.2 Å². The Morgan fingerprint density at radius 2 is 1.72 bits per heavy atom. The molecule has 0 saturated heterocycles. The van der Waals surface area contributed by atoms with Gasteiger partial charge in [0.1, 0.15) is 6.54 Å². The molecular weight excluding hydrogens is 467 g/mol. The van der Waals surface area contributed by atoms with Crippen LogP contribution >= 0.6 is 23.2 Å². The molecule has 1 N–H and O–H groups in total. The Morgan fingerprint density at radius 3 is 2.47 bits per heavy atom. The number of hydrogen-bond acceptors (Lipinski definition) is 3. The van der Waals surface area contributed by atoms with Crippen molar-refractivity contribution in [3.8, 4) is 0 Å². The molecule has 1 aliphatic carbocycles. The summed E-state index contributed by atoms with van der Waals surface area (Å²) in [6, 6.07) is 20.3. The van der Waals surface area contributed by atoms with Gasteiger partial charge in [0.25, 0.3) is 10.0 Å². The standard InChI is InChI=1S/C24H22Cl2N2O3S/c25-18-13-14-23(21(26)15-18)28(32(30,31)19-9-2-1-3-10-19)16-24(29)27-22-12-6-8-17-7-4-5-11-20(17)22/h1-5,7,9-11,13-15,22H,6,8,12,16H2,(H,27,29)/t22-/m0/s1. The molecule has 1 amide bonds. The number of anilines is 1. The third-order valence-electron chi connectivity index (χ3n) is 5.50. The zero-order valence-electron chi connectivity index (χ0n) is 17.2. The van der Waals surface area contributed by atoms with Crippen molar-refractivity contribution in [2.45, 2.75) is 30.2 Å². The van der Waals surface area contributed by atoms with Crippen LogP contribution < -0.4 is 9.62 Å². The monoisotopic (exact) mass is 488 g/mol. The van der Waals surface area contributed by atoms with Gasteiger partial charge in [0, 0.05) is 5.02 Å². The van der Waals surface area contributed by atoms with Crippen LogP contribution in [-0.2, 0) is 21.2 Å². The minimum atomic E-state index is -4.04. The predicted octanol–water partition coefficient (Wildman–Crippen LogP) is 5.38. The molecule has 0 bridgehead atoms. The highest BCUT2D eigenvalue weighted by molar-refractivity contribution is 7.92. The fourth-order valence-electron chi connectivity index (χ4n) is 3.98. The second kappa shape index (κ2) is 9.53. The van der Waals surface area contributed by atoms with Crippen LogP contribution in [0.25, 0.3) is 0 Å². The first-order valence-corrected chi connectivity index (χ1v) is 12.5. The van der Waals surface area contributed by atoms with E-state index >= 15 is 0 Å². The first-order valence-electron chi connectivity index (χ1n) is 10.3. The highest BCUT2D eigenvalue weighted by Gasteiger charge is 2.30. The number of amides is 1. The summed E-state index contributed by atoms with van der Waals surface area (Å²) in [4.78, 5) is 13.1. The number of halogens is 2. The Morgan fingerprint density at radius 1 is 1.00 bits per heavy atom. The Balaban J connectivity index is 1.65. The maximum Gasteiger partial charge on any atom is 0.264 e. The summed E-state index contributed by atoms with van der Waals surface area (Å²) in [7, 11) is -4.04. The molecule has 0 fully saturated rings. The Bertz CT molecular complexity index is 1230. The summed E-state index contributed by atoms with van der Waals surface area (Å²) in [5.74, 6) is -0.405. The molecule has 1 aliphatic rings. The van der Waals surface area contributed by atoms with E-state index in [1.54, 1.807) is 24.3 Å². The summed E-state index contributed by atoms with van der Waals surface area (Å²) in [6.07, 6.45) is 2.73. The van der Waals surface area contributed by atoms with Crippen molar-refractivity contribution in [1.82, 2.24) is 5.32 Å². The van der Waals surface area contributed by atoms with E-state index in [2.05, 4.69) is 11.4 Å². The van der Waals surface area contributed by atoms with Crippen LogP contribution in [0.1, 0.15) is 30.0 Å². The van der Waals surface area contributed by atoms with Crippen molar-refractivity contribution in [2.24, 2.45) is 0 Å². The molecule has 1 atom stereocenters. The minimum Gasteiger partial charge on any atom is -0.348 e. The van der Waals surface area contributed by atoms with Gasteiger partial charge in [0.15, 0.2) is 0 Å². The van der Waals surface area contributed by atoms with Crippen LogP contribution in [0.5, 0.6) is 0 Å². The van der Waals surface area contributed by atoms with Gasteiger partial charge in [-0.25, -0.2) is 8.42 Å². The molecule has 0 heterocycles. The van der Waals surface area contributed by atoms with Crippen molar-refractivity contribution in [2.75, 3.05) is 10.8 Å². The fraction of sp³-hybridized carbons (Fsp3) is 0.208. The molecule has 3 aromatic carbocycles. The summed E-state index contributed by atoms with van der Waals surface area (Å²) < 4.78 is 27.9. The number of fused-ring (bicyclic) bond motifs is 1. The van der Waals surface area contributed by atoms with Crippen molar-refractivity contribution in [1.29, 1.82) is 0 Å². The van der Waals surface area contributed by atoms with Crippen molar-refractivity contribution in [3.05, 3.63) is 94.0 Å². The molecule has 0 unspecified atom stereocenters. The molecule has 0 spiro atoms. The van der Waals surface area contributed by atoms with Gasteiger partial charge < -0.3 is 5.32 Å². The number of sulfonamides is 1. The van der Waals surface area contributed by atoms with Crippen molar-refractivity contribution in [3.63, 3.8) is 0 Å². The van der Waals surface area contributed by atoms with Gasteiger partial charge in [0.05, 0.1) is 21.6 Å². The van der Waals surface area contributed by atoms with Crippen LogP contribution in [0.2, 0.25) is 10.0 Å². The average molecular weight is 489 g/mol. The van der Waals surface area contributed by atoms with Gasteiger partial charge in [-0.05, 0) is 60.7 Å². The highest BCUT2D eigenvalue weighted by Crippen LogP contribution is 2.33. The lowest BCUT2D eigenvalue weighted by Gasteiger charge is -2.29. The molecule has 32 heavy (non-hydrogen) atoms. The second-order valence-electron chi connectivity index (χ2n) is 7.63. The normalized spacial score (nSPS) is 15.6. The molecule has 0 radical (unpaired) electrons. The predicted molar refractivity (Wildman–Crippen MR) is 128 cm³/mol. The summed E-state index contributed by atoms with van der Waals surface area (Å²) in [6.45, 7) is -0.406. The number of aryl methyl sites for hydroxylation is 1. The number of rotatable bonds is 6. The van der Waals surface area contributed by atoms with E-state index in [4.69, 9.17) is 23.2 Å². The number of carbonyl (C=O) groups excluding carboxylic acids is 1. The minimum absolute atomic E-state index is 0.0711. The van der Waals surface area contributed by atoms with Crippen LogP contribution in [0.15, 0.2) is 77.7 Å². The number of benzene rings is 3. The topological polar surface area (TPSA) is 66.5 Å². The SMILES string of the molecule is O=C(CN(c1ccc(Cl)cc1Cl)S(=O)(=O)c1ccccc1)N[C@H]1CCCc2ccccc21. The van der Waals surface area contributed by atoms with Gasteiger partial charge in [-0.2, -0.15) is 0 Å². The van der Waals surface area contributed by atoms with E-state index in [1.807, 2.05) is 18.2 Å². The van der Waals surface area contributed by atoms with Crippen LogP contribution in [0.4, 0.5) is 5.69 Å². The molecular formula is C24H22Cl2N2O3S. The first kappa shape index (κ1) is 22.6. The number of hydrogen-bond donors (Lipinski definition) is 1. The summed E-state index contributed by atoms with van der Waals surface area (Å²) >= 11 is 12.3. The maximum absolute atomic E-state index is 13.5. The van der Waals surface area contributed by atoms with Crippen LogP contribution in [-0.4, -0.2) is 20.9 Å². The lowest BCUT2D eigenvalue weighted by atomic mass is 9.88. The van der Waals surface area contributed by atoms with Gasteiger partial charge in [-0.1, -0.05) is 65.7 Å². The van der Waals surface area contributed by atoms with Gasteiger partial charge >= 0.3 is 0 Å². The molecule has 0 saturated carbocycles. The first-order chi connectivity index (χ1) is 15.4. The average Bonchev–Trinajstić information content (AvgIpc) is 2.79. The Hall–Kier alpha value is -2.54. The quantitative estimate of drug-likeness (QED) is 0.506. The molecule has 166 valence electrons. The van der Waals surface area contributed by atoms with E-state index in [0.29, 0.717) is 5.02 Å². The van der Waals surface area contributed by atoms with Gasteiger partial charge in [-0.3, -0.25) is 9.10 Å². The maximum atomic E-state index is 13.5. The van der Waals surface area contributed by atoms with Crippen LogP contribution in [0, 0.1) is 0 Å². The lowest BCUT2D eigenvalue weighted by Crippen LogP contribution is -2.42. The smallest absolute Gasteiger partial charge is 0.264 e. The number of carbonyl (C=O) groups is 1. The molecule has 0 aliphatic heterocycles. The Labute approximate surface area is 198 Å². The van der Waals surface area contributed by atoms with E-state index in [-0.39, 0.29) is 21.6 Å². The molecule has 8 heteroatoms. The highest BCUT2D eigenvalue weighted by atomic mass is 35.5. The summed E-state index contributed by atoms with van der Waals surface area (Å²) in [5, 5.41) is 3.54. The summed E-state index contributed by atoms with van der Waals surface area (Å²) in [5.41, 5.74) is 2.48. The zero-order chi connectivity index (χ0) is 22.7. The largest absolute Gasteiger partial charge is 0.348 e. The zero-order valence-corrected chi connectivity index (χ0v) is 19.5. The van der Waals surface area contributed by atoms with E-state index in [1.165, 1.54) is 29.8 Å². The van der Waals surface area contributed by atoms with Crippen LogP contribution in [0.3, 0.4) is 0 Å². The lowest BCUT2D eigenvalue weighted by molar-refractivity contribution is -0.120. The fourth-order valence-corrected chi connectivity index (χ4v) is 6.00. The Kier molecular flexibility index (Phi) is 6.74. The third kappa shape index (κ3) is 4.77. The van der Waals surface area contributed by atoms with Crippen molar-refractivity contribution >= 4 is 44.8 Å². The second-order valence-corrected chi connectivity index (χ2v) is 10.3. The number of nitrogens with zero attached hydrogens (tertiary/aromatic N) is 1. The van der Waals surface area contributed by atoms with Gasteiger partial charge in [-0.15, -0.1) is 0 Å². The van der Waals surface area contributed by atoms with E-state index in [0.717, 1.165) is 29.1 Å². The molecule has 3 aromatic rings. The number of nitrogens with one attached hydrogen (secondary N) is 1. The molecule has 5 nitrogen and oxygen atoms in total. The molecule has 0 aromatic heterocycles.